The molecule has 0 aromatic carbocycles. The smallest absolute Gasteiger partial charge is 0.0604 e. The van der Waals surface area contributed by atoms with Crippen LogP contribution in [0.25, 0.3) is 0 Å². The van der Waals surface area contributed by atoms with Crippen LogP contribution in [0.15, 0.2) is 0 Å². The fourth-order valence-electron chi connectivity index (χ4n) is 5.29. The minimum atomic E-state index is 0.00627. The summed E-state index contributed by atoms with van der Waals surface area (Å²) in [4.78, 5) is 0. The van der Waals surface area contributed by atoms with Crippen molar-refractivity contribution in [2.45, 2.75) is 59.0 Å². The van der Waals surface area contributed by atoms with E-state index in [4.69, 9.17) is 0 Å². The molecule has 0 aromatic heterocycles. The first kappa shape index (κ1) is 10.1. The molecule has 5 atom stereocenters. The van der Waals surface area contributed by atoms with Gasteiger partial charge in [-0.15, -0.1) is 0 Å². The lowest BCUT2D eigenvalue weighted by atomic mass is 9.38. The second-order valence-electron chi connectivity index (χ2n) is 6.96. The Balaban J connectivity index is 1.99. The Kier molecular flexibility index (Phi) is 1.89. The first-order valence-electron chi connectivity index (χ1n) is 6.67. The lowest BCUT2D eigenvalue weighted by molar-refractivity contribution is -0.226. The second-order valence-corrected chi connectivity index (χ2v) is 6.96. The fraction of sp³-hybridized carbons (Fsp3) is 1.00. The van der Waals surface area contributed by atoms with Crippen molar-refractivity contribution >= 4 is 0 Å². The molecule has 2 unspecified atom stereocenters. The van der Waals surface area contributed by atoms with Gasteiger partial charge in [-0.05, 0) is 42.4 Å². The Morgan fingerprint density at radius 3 is 2.47 bits per heavy atom. The summed E-state index contributed by atoms with van der Waals surface area (Å²) in [6.45, 7) is 7.25. The molecule has 15 heavy (non-hydrogen) atoms. The largest absolute Gasteiger partial charge is 0.393 e. The van der Waals surface area contributed by atoms with Crippen molar-refractivity contribution in [1.82, 2.24) is 0 Å². The lowest BCUT2D eigenvalue weighted by Gasteiger charge is -2.67. The molecule has 0 radical (unpaired) electrons. The van der Waals surface area contributed by atoms with Crippen LogP contribution in [0, 0.1) is 28.6 Å². The van der Waals surface area contributed by atoms with E-state index in [1.165, 1.54) is 25.7 Å². The maximum atomic E-state index is 10.5. The summed E-state index contributed by atoms with van der Waals surface area (Å²) in [7, 11) is 0. The van der Waals surface area contributed by atoms with E-state index in [1.54, 1.807) is 0 Å². The van der Waals surface area contributed by atoms with Crippen LogP contribution in [0.4, 0.5) is 0 Å². The SMILES string of the molecule is CC1CCCC12[C@@H]1C[C@H](C[C@@H]2O)C1(C)C. The second kappa shape index (κ2) is 2.80. The maximum absolute atomic E-state index is 10.5. The average molecular weight is 208 g/mol. The zero-order valence-electron chi connectivity index (χ0n) is 10.3. The third-order valence-electron chi connectivity index (χ3n) is 6.41. The van der Waals surface area contributed by atoms with E-state index in [2.05, 4.69) is 20.8 Å². The Bertz CT molecular complexity index is 283. The highest BCUT2D eigenvalue weighted by Gasteiger charge is 2.66. The molecular formula is C14H24O. The molecule has 1 N–H and O–H groups in total. The highest BCUT2D eigenvalue weighted by Crippen LogP contribution is 2.71. The highest BCUT2D eigenvalue weighted by molar-refractivity contribution is 5.15. The van der Waals surface area contributed by atoms with Crippen molar-refractivity contribution in [2.24, 2.45) is 28.6 Å². The molecule has 0 saturated heterocycles. The quantitative estimate of drug-likeness (QED) is 0.648. The van der Waals surface area contributed by atoms with Gasteiger partial charge in [0.1, 0.15) is 0 Å². The van der Waals surface area contributed by atoms with Gasteiger partial charge in [0.2, 0.25) is 0 Å². The molecule has 0 aliphatic heterocycles. The monoisotopic (exact) mass is 208 g/mol. The van der Waals surface area contributed by atoms with Crippen molar-refractivity contribution < 1.29 is 5.11 Å². The number of rotatable bonds is 0. The molecule has 4 rings (SSSR count). The molecule has 0 heterocycles. The van der Waals surface area contributed by atoms with Gasteiger partial charge in [-0.2, -0.15) is 0 Å². The Morgan fingerprint density at radius 1 is 1.20 bits per heavy atom. The van der Waals surface area contributed by atoms with E-state index in [0.717, 1.165) is 24.2 Å². The van der Waals surface area contributed by atoms with Gasteiger partial charge in [0.15, 0.2) is 0 Å². The van der Waals surface area contributed by atoms with Crippen LogP contribution in [0.5, 0.6) is 0 Å². The molecule has 2 bridgehead atoms. The standard InChI is InChI=1S/C14H24O/c1-9-5-4-6-14(9)11-7-10(8-12(14)15)13(11,2)3/h9-12,15H,4-8H2,1-3H3/t9?,10-,11-,12+,14?/m1/s1. The zero-order valence-corrected chi connectivity index (χ0v) is 10.3. The normalized spacial score (nSPS) is 56.8. The van der Waals surface area contributed by atoms with Crippen molar-refractivity contribution in [3.8, 4) is 0 Å². The van der Waals surface area contributed by atoms with E-state index >= 15 is 0 Å². The van der Waals surface area contributed by atoms with E-state index in [0.29, 0.717) is 10.8 Å². The van der Waals surface area contributed by atoms with Gasteiger partial charge < -0.3 is 5.11 Å². The summed E-state index contributed by atoms with van der Waals surface area (Å²) in [5.41, 5.74) is 0.816. The van der Waals surface area contributed by atoms with Crippen LogP contribution in [0.2, 0.25) is 0 Å². The summed E-state index contributed by atoms with van der Waals surface area (Å²) in [6.07, 6.45) is 6.45. The molecule has 4 saturated carbocycles. The minimum Gasteiger partial charge on any atom is -0.393 e. The maximum Gasteiger partial charge on any atom is 0.0604 e. The molecule has 1 heteroatoms. The summed E-state index contributed by atoms with van der Waals surface area (Å²) < 4.78 is 0. The molecule has 0 aromatic rings. The van der Waals surface area contributed by atoms with E-state index in [-0.39, 0.29) is 6.10 Å². The third-order valence-corrected chi connectivity index (χ3v) is 6.41. The molecule has 4 fully saturated rings. The summed E-state index contributed by atoms with van der Waals surface area (Å²) in [6, 6.07) is 0. The van der Waals surface area contributed by atoms with Crippen LogP contribution >= 0.6 is 0 Å². The Hall–Kier alpha value is -0.0400. The van der Waals surface area contributed by atoms with Gasteiger partial charge >= 0.3 is 0 Å². The van der Waals surface area contributed by atoms with Gasteiger partial charge in [0.05, 0.1) is 6.10 Å². The van der Waals surface area contributed by atoms with E-state index in [9.17, 15) is 5.11 Å². The first-order valence-corrected chi connectivity index (χ1v) is 6.67. The summed E-state index contributed by atoms with van der Waals surface area (Å²) >= 11 is 0. The Morgan fingerprint density at radius 2 is 1.93 bits per heavy atom. The van der Waals surface area contributed by atoms with E-state index in [1.807, 2.05) is 0 Å². The summed E-state index contributed by atoms with van der Waals surface area (Å²) in [5, 5.41) is 10.5. The van der Waals surface area contributed by atoms with Gasteiger partial charge in [-0.3, -0.25) is 0 Å². The number of hydrogen-bond donors (Lipinski definition) is 1. The predicted octanol–water partition coefficient (Wildman–Crippen LogP) is 3.22. The van der Waals surface area contributed by atoms with Gasteiger partial charge in [-0.1, -0.05) is 33.6 Å². The third kappa shape index (κ3) is 0.988. The van der Waals surface area contributed by atoms with E-state index < -0.39 is 0 Å². The molecule has 1 spiro atoms. The van der Waals surface area contributed by atoms with Crippen molar-refractivity contribution in [3.63, 3.8) is 0 Å². The van der Waals surface area contributed by atoms with Gasteiger partial charge in [-0.25, -0.2) is 0 Å². The number of aliphatic hydroxyl groups excluding tert-OH is 1. The van der Waals surface area contributed by atoms with Crippen LogP contribution in [-0.2, 0) is 0 Å². The molecule has 4 aliphatic rings. The molecule has 0 amide bonds. The van der Waals surface area contributed by atoms with Crippen LogP contribution < -0.4 is 0 Å². The molecular weight excluding hydrogens is 184 g/mol. The van der Waals surface area contributed by atoms with Gasteiger partial charge in [0, 0.05) is 5.41 Å². The van der Waals surface area contributed by atoms with Crippen molar-refractivity contribution in [3.05, 3.63) is 0 Å². The average Bonchev–Trinajstić information content (AvgIpc) is 2.53. The molecule has 4 aliphatic carbocycles. The zero-order chi connectivity index (χ0) is 10.8. The van der Waals surface area contributed by atoms with Crippen molar-refractivity contribution in [1.29, 1.82) is 0 Å². The van der Waals surface area contributed by atoms with Crippen LogP contribution in [-0.4, -0.2) is 11.2 Å². The fourth-order valence-corrected chi connectivity index (χ4v) is 5.29. The topological polar surface area (TPSA) is 20.2 Å². The first-order chi connectivity index (χ1) is 6.99. The van der Waals surface area contributed by atoms with Crippen LogP contribution in [0.3, 0.4) is 0 Å². The number of fused-ring (bicyclic) bond motifs is 1. The summed E-state index contributed by atoms with van der Waals surface area (Å²) in [5.74, 6) is 2.35. The van der Waals surface area contributed by atoms with Crippen LogP contribution in [0.1, 0.15) is 52.9 Å². The van der Waals surface area contributed by atoms with Gasteiger partial charge in [0.25, 0.3) is 0 Å². The molecule has 86 valence electrons. The Labute approximate surface area is 93.3 Å². The number of aliphatic hydroxyl groups is 1. The predicted molar refractivity (Wildman–Crippen MR) is 61.4 cm³/mol. The minimum absolute atomic E-state index is 0.00627. The lowest BCUT2D eigenvalue weighted by Crippen LogP contribution is -2.64. The highest BCUT2D eigenvalue weighted by atomic mass is 16.3. The number of hydrogen-bond acceptors (Lipinski definition) is 1. The molecule has 1 nitrogen and oxygen atoms in total. The van der Waals surface area contributed by atoms with Crippen molar-refractivity contribution in [2.75, 3.05) is 0 Å².